The highest BCUT2D eigenvalue weighted by Crippen LogP contribution is 2.41. The van der Waals surface area contributed by atoms with Crippen LogP contribution in [0, 0.1) is 12.7 Å². The van der Waals surface area contributed by atoms with Crippen LogP contribution >= 0.6 is 0 Å². The summed E-state index contributed by atoms with van der Waals surface area (Å²) in [5.41, 5.74) is 4.35. The predicted molar refractivity (Wildman–Crippen MR) is 105 cm³/mol. The van der Waals surface area contributed by atoms with Crippen molar-refractivity contribution in [3.05, 3.63) is 71.0 Å². The van der Waals surface area contributed by atoms with Crippen LogP contribution in [-0.2, 0) is 6.42 Å². The summed E-state index contributed by atoms with van der Waals surface area (Å²) in [7, 11) is 1.43. The van der Waals surface area contributed by atoms with Crippen LogP contribution in [0.1, 0.15) is 22.6 Å². The minimum atomic E-state index is -0.432. The van der Waals surface area contributed by atoms with Crippen LogP contribution in [0.15, 0.2) is 48.5 Å². The summed E-state index contributed by atoms with van der Waals surface area (Å²) < 4.78 is 24.9. The summed E-state index contributed by atoms with van der Waals surface area (Å²) in [5, 5.41) is 19.9. The number of aromatic hydroxyl groups is 2. The smallest absolute Gasteiger partial charge is 0.165 e. The molecule has 0 bridgehead atoms. The van der Waals surface area contributed by atoms with Gasteiger partial charge in [0.15, 0.2) is 11.6 Å². The van der Waals surface area contributed by atoms with Gasteiger partial charge in [-0.05, 0) is 65.9 Å². The number of phenolic OH excluding ortho intramolecular Hbond substituents is 2. The fraction of sp³-hybridized carbons (Fsp3) is 0.217. The van der Waals surface area contributed by atoms with Gasteiger partial charge in [0, 0.05) is 11.5 Å². The van der Waals surface area contributed by atoms with Gasteiger partial charge in [0.25, 0.3) is 0 Å². The lowest BCUT2D eigenvalue weighted by Crippen LogP contribution is -2.20. The quantitative estimate of drug-likeness (QED) is 0.676. The van der Waals surface area contributed by atoms with Crippen molar-refractivity contribution in [3.63, 3.8) is 0 Å². The van der Waals surface area contributed by atoms with Gasteiger partial charge in [0.1, 0.15) is 17.2 Å². The van der Waals surface area contributed by atoms with E-state index in [1.54, 1.807) is 30.3 Å². The highest BCUT2D eigenvalue weighted by Gasteiger charge is 2.26. The average molecular weight is 380 g/mol. The zero-order valence-corrected chi connectivity index (χ0v) is 15.7. The largest absolute Gasteiger partial charge is 0.508 e. The lowest BCUT2D eigenvalue weighted by atomic mass is 9.85. The van der Waals surface area contributed by atoms with E-state index in [1.165, 1.54) is 13.2 Å². The van der Waals surface area contributed by atoms with Crippen molar-refractivity contribution in [1.82, 2.24) is 0 Å². The van der Waals surface area contributed by atoms with Crippen LogP contribution in [0.3, 0.4) is 0 Å². The first-order valence-electron chi connectivity index (χ1n) is 9.09. The molecule has 5 heteroatoms. The highest BCUT2D eigenvalue weighted by molar-refractivity contribution is 5.71. The lowest BCUT2D eigenvalue weighted by molar-refractivity contribution is 0.259. The van der Waals surface area contributed by atoms with Crippen molar-refractivity contribution < 1.29 is 24.1 Å². The van der Waals surface area contributed by atoms with E-state index in [-0.39, 0.29) is 23.2 Å². The van der Waals surface area contributed by atoms with Gasteiger partial charge in [-0.3, -0.25) is 0 Å². The van der Waals surface area contributed by atoms with Crippen LogP contribution in [-0.4, -0.2) is 23.9 Å². The molecule has 3 aromatic rings. The zero-order valence-electron chi connectivity index (χ0n) is 15.7. The van der Waals surface area contributed by atoms with Crippen molar-refractivity contribution >= 4 is 0 Å². The number of hydrogen-bond donors (Lipinski definition) is 2. The second-order valence-electron chi connectivity index (χ2n) is 7.03. The molecule has 0 saturated heterocycles. The second kappa shape index (κ2) is 7.08. The number of phenols is 2. The van der Waals surface area contributed by atoms with E-state index in [4.69, 9.17) is 9.47 Å². The molecule has 1 heterocycles. The number of fused-ring (bicyclic) bond motifs is 1. The molecule has 1 aliphatic rings. The third-order valence-electron chi connectivity index (χ3n) is 5.29. The maximum Gasteiger partial charge on any atom is 0.165 e. The summed E-state index contributed by atoms with van der Waals surface area (Å²) >= 11 is 0. The molecule has 0 spiro atoms. The topological polar surface area (TPSA) is 58.9 Å². The predicted octanol–water partition coefficient (Wildman–Crippen LogP) is 4.94. The van der Waals surface area contributed by atoms with Gasteiger partial charge in [0.05, 0.1) is 13.7 Å². The van der Waals surface area contributed by atoms with E-state index >= 15 is 0 Å². The van der Waals surface area contributed by atoms with Crippen LogP contribution in [0.4, 0.5) is 4.39 Å². The SMILES string of the molecule is COc1cc(-c2cc(O)ccc2[C@H]2COc3c(ccc(O)c3C)C2)ccc1F. The molecule has 3 aromatic carbocycles. The molecule has 144 valence electrons. The van der Waals surface area contributed by atoms with Gasteiger partial charge in [-0.2, -0.15) is 0 Å². The fourth-order valence-electron chi connectivity index (χ4n) is 3.78. The Morgan fingerprint density at radius 3 is 2.68 bits per heavy atom. The van der Waals surface area contributed by atoms with Crippen LogP contribution < -0.4 is 9.47 Å². The van der Waals surface area contributed by atoms with Crippen molar-refractivity contribution in [2.24, 2.45) is 0 Å². The van der Waals surface area contributed by atoms with Crippen molar-refractivity contribution in [2.45, 2.75) is 19.3 Å². The first kappa shape index (κ1) is 18.2. The van der Waals surface area contributed by atoms with Gasteiger partial charge in [-0.15, -0.1) is 0 Å². The molecule has 0 fully saturated rings. The Bertz CT molecular complexity index is 1050. The zero-order chi connectivity index (χ0) is 19.8. The summed E-state index contributed by atoms with van der Waals surface area (Å²) in [6.45, 7) is 2.29. The van der Waals surface area contributed by atoms with Crippen molar-refractivity contribution in [1.29, 1.82) is 0 Å². The Labute approximate surface area is 162 Å². The highest BCUT2D eigenvalue weighted by atomic mass is 19.1. The number of methoxy groups -OCH3 is 1. The van der Waals surface area contributed by atoms with Gasteiger partial charge >= 0.3 is 0 Å². The first-order chi connectivity index (χ1) is 13.5. The van der Waals surface area contributed by atoms with Crippen molar-refractivity contribution in [3.8, 4) is 34.1 Å². The van der Waals surface area contributed by atoms with Crippen LogP contribution in [0.2, 0.25) is 0 Å². The minimum Gasteiger partial charge on any atom is -0.508 e. The van der Waals surface area contributed by atoms with Gasteiger partial charge in [0.2, 0.25) is 0 Å². The maximum atomic E-state index is 13.8. The van der Waals surface area contributed by atoms with Gasteiger partial charge in [-0.1, -0.05) is 18.2 Å². The van der Waals surface area contributed by atoms with E-state index in [9.17, 15) is 14.6 Å². The van der Waals surface area contributed by atoms with Gasteiger partial charge < -0.3 is 19.7 Å². The molecular formula is C23H21FO4. The number of benzene rings is 3. The maximum absolute atomic E-state index is 13.8. The number of halogens is 1. The molecule has 4 nitrogen and oxygen atoms in total. The van der Waals surface area contributed by atoms with Crippen LogP contribution in [0.5, 0.6) is 23.0 Å². The molecule has 0 aromatic heterocycles. The molecule has 2 N–H and O–H groups in total. The molecular weight excluding hydrogens is 359 g/mol. The lowest BCUT2D eigenvalue weighted by Gasteiger charge is -2.28. The average Bonchev–Trinajstić information content (AvgIpc) is 2.71. The number of hydrogen-bond acceptors (Lipinski definition) is 4. The molecule has 4 rings (SSSR count). The fourth-order valence-corrected chi connectivity index (χ4v) is 3.78. The van der Waals surface area contributed by atoms with Crippen molar-refractivity contribution in [2.75, 3.05) is 13.7 Å². The number of rotatable bonds is 3. The number of ether oxygens (including phenoxy) is 2. The summed E-state index contributed by atoms with van der Waals surface area (Å²) in [6.07, 6.45) is 0.743. The Morgan fingerprint density at radius 1 is 1.07 bits per heavy atom. The third-order valence-corrected chi connectivity index (χ3v) is 5.29. The molecule has 1 atom stereocenters. The third kappa shape index (κ3) is 3.13. The summed E-state index contributed by atoms with van der Waals surface area (Å²) in [4.78, 5) is 0. The standard InChI is InChI=1S/C23H21FO4/c1-13-21(26)8-4-15-9-16(12-28-23(13)15)18-6-5-17(25)11-19(18)14-3-7-20(24)22(10-14)27-2/h3-8,10-11,16,25-26H,9,12H2,1-2H3/t16-/m1/s1. The van der Waals surface area contributed by atoms with E-state index in [1.807, 2.05) is 19.1 Å². The Kier molecular flexibility index (Phi) is 4.59. The molecule has 0 radical (unpaired) electrons. The van der Waals surface area contributed by atoms with Crippen LogP contribution in [0.25, 0.3) is 11.1 Å². The Hall–Kier alpha value is -3.21. The van der Waals surface area contributed by atoms with E-state index in [0.717, 1.165) is 40.0 Å². The summed E-state index contributed by atoms with van der Waals surface area (Å²) in [6, 6.07) is 13.4. The first-order valence-corrected chi connectivity index (χ1v) is 9.09. The molecule has 0 saturated carbocycles. The molecule has 0 aliphatic carbocycles. The molecule has 1 aliphatic heterocycles. The van der Waals surface area contributed by atoms with Gasteiger partial charge in [-0.25, -0.2) is 4.39 Å². The molecule has 28 heavy (non-hydrogen) atoms. The monoisotopic (exact) mass is 380 g/mol. The molecule has 0 unspecified atom stereocenters. The Morgan fingerprint density at radius 2 is 1.89 bits per heavy atom. The van der Waals surface area contributed by atoms with E-state index in [2.05, 4.69) is 0 Å². The van der Waals surface area contributed by atoms with E-state index < -0.39 is 5.82 Å². The minimum absolute atomic E-state index is 0.0584. The van der Waals surface area contributed by atoms with E-state index in [0.29, 0.717) is 6.61 Å². The second-order valence-corrected chi connectivity index (χ2v) is 7.03. The normalized spacial score (nSPS) is 15.6. The Balaban J connectivity index is 1.76. The molecule has 0 amide bonds. The summed E-state index contributed by atoms with van der Waals surface area (Å²) in [5.74, 6) is 0.880.